The van der Waals surface area contributed by atoms with Gasteiger partial charge >= 0.3 is 6.09 Å². The largest absolute Gasteiger partial charge is 0.444 e. The normalized spacial score (nSPS) is 14.8. The molecule has 0 aromatic heterocycles. The van der Waals surface area contributed by atoms with Gasteiger partial charge in [0.05, 0.1) is 20.1 Å². The van der Waals surface area contributed by atoms with Gasteiger partial charge in [0.15, 0.2) is 0 Å². The number of benzene rings is 4. The lowest BCUT2D eigenvalue weighted by Crippen LogP contribution is -2.50. The molecule has 14 nitrogen and oxygen atoms in total. The molecule has 0 spiro atoms. The second kappa shape index (κ2) is 24.0. The van der Waals surface area contributed by atoms with E-state index in [0.29, 0.717) is 26.2 Å². The molecule has 0 saturated carbocycles. The molecule has 2 aliphatic heterocycles. The quantitative estimate of drug-likeness (QED) is 0.116. The first-order valence-corrected chi connectivity index (χ1v) is 26.2. The average Bonchev–Trinajstić information content (AvgIpc) is 3.29. The highest BCUT2D eigenvalue weighted by Crippen LogP contribution is 2.32. The van der Waals surface area contributed by atoms with Gasteiger partial charge in [-0.3, -0.25) is 9.59 Å². The van der Waals surface area contributed by atoms with Crippen LogP contribution < -0.4 is 15.1 Å². The van der Waals surface area contributed by atoms with E-state index in [0.717, 1.165) is 57.3 Å². The molecule has 1 amide bonds. The van der Waals surface area contributed by atoms with Crippen molar-refractivity contribution < 1.29 is 36.0 Å². The molecule has 2 fully saturated rings. The van der Waals surface area contributed by atoms with Crippen LogP contribution in [0.4, 0.5) is 16.2 Å². The number of sulfonamides is 2. The molecular formula is C47H58Cl4N6O8S2. The summed E-state index contributed by atoms with van der Waals surface area (Å²) in [7, 11) is -4.85. The number of nitrogens with one attached hydrogen (secondary N) is 1. The third-order valence-electron chi connectivity index (χ3n) is 11.1. The fourth-order valence-corrected chi connectivity index (χ4v) is 11.0. The van der Waals surface area contributed by atoms with Crippen LogP contribution in [-0.4, -0.2) is 133 Å². The molecule has 1 N–H and O–H groups in total. The van der Waals surface area contributed by atoms with E-state index in [1.54, 1.807) is 4.90 Å². The monoisotopic (exact) mass is 1040 g/mol. The number of nitrogens with zero attached hydrogens (tertiary/aromatic N) is 5. The minimum Gasteiger partial charge on any atom is -0.444 e. The van der Waals surface area contributed by atoms with Crippen LogP contribution in [0, 0.1) is 0 Å². The number of ketones is 2. The summed E-state index contributed by atoms with van der Waals surface area (Å²) >= 11 is 24.0. The zero-order valence-corrected chi connectivity index (χ0v) is 43.0. The van der Waals surface area contributed by atoms with Crippen molar-refractivity contribution >= 4 is 95.5 Å². The fraction of sp³-hybridized carbons (Fsp3) is 0.426. The van der Waals surface area contributed by atoms with Crippen molar-refractivity contribution in [2.24, 2.45) is 0 Å². The van der Waals surface area contributed by atoms with E-state index in [1.807, 2.05) is 69.3 Å². The Labute approximate surface area is 415 Å². The van der Waals surface area contributed by atoms with Crippen LogP contribution in [-0.2, 0) is 47.2 Å². The summed E-state index contributed by atoms with van der Waals surface area (Å²) < 4.78 is 58.8. The highest BCUT2D eigenvalue weighted by Gasteiger charge is 2.28. The fourth-order valence-electron chi connectivity index (χ4n) is 7.18. The SMILES string of the molecule is CN(CCC(=O)Cc1ccc(N2CCN(C(=O)OC(C)(C)C)CC2)cc1)S(=O)(=O)c1cccc(Cl)c1Cl.CN(CCC(=O)Cc1ccc(N2CCNCC2)cc1)S(=O)(=O)c1cccc(Cl)c1Cl. The van der Waals surface area contributed by atoms with E-state index >= 15 is 0 Å². The van der Waals surface area contributed by atoms with Crippen molar-refractivity contribution in [1.29, 1.82) is 0 Å². The molecule has 0 atom stereocenters. The van der Waals surface area contributed by atoms with Gasteiger partial charge in [-0.15, -0.1) is 0 Å². The van der Waals surface area contributed by atoms with Gasteiger partial charge in [-0.1, -0.05) is 82.8 Å². The second-order valence-corrected chi connectivity index (χ2v) is 22.8. The first kappa shape index (κ1) is 54.0. The lowest BCUT2D eigenvalue weighted by molar-refractivity contribution is -0.119. The van der Waals surface area contributed by atoms with Crippen LogP contribution >= 0.6 is 46.4 Å². The minimum absolute atomic E-state index is 0.0121. The lowest BCUT2D eigenvalue weighted by Gasteiger charge is -2.36. The molecule has 2 heterocycles. The predicted octanol–water partition coefficient (Wildman–Crippen LogP) is 8.10. The van der Waals surface area contributed by atoms with Gasteiger partial charge in [-0.05, 0) is 80.4 Å². The van der Waals surface area contributed by atoms with Gasteiger partial charge in [0.1, 0.15) is 27.0 Å². The highest BCUT2D eigenvalue weighted by atomic mass is 35.5. The maximum atomic E-state index is 12.8. The Morgan fingerprint density at radius 2 is 0.985 bits per heavy atom. The predicted molar refractivity (Wildman–Crippen MR) is 267 cm³/mol. The number of Topliss-reactive ketones (excluding diaryl/α,β-unsaturated/α-hetero) is 2. The van der Waals surface area contributed by atoms with Crippen LogP contribution in [0.25, 0.3) is 0 Å². The maximum Gasteiger partial charge on any atom is 0.410 e. The van der Waals surface area contributed by atoms with Gasteiger partial charge in [-0.2, -0.15) is 0 Å². The molecule has 0 aliphatic carbocycles. The zero-order valence-electron chi connectivity index (χ0n) is 38.3. The van der Waals surface area contributed by atoms with Crippen LogP contribution in [0.5, 0.6) is 0 Å². The third kappa shape index (κ3) is 15.3. The average molecular weight is 1040 g/mol. The molecule has 4 aromatic rings. The maximum absolute atomic E-state index is 12.8. The smallest absolute Gasteiger partial charge is 0.410 e. The molecule has 20 heteroatoms. The van der Waals surface area contributed by atoms with Gasteiger partial charge in [0.25, 0.3) is 0 Å². The summed E-state index contributed by atoms with van der Waals surface area (Å²) in [6, 6.07) is 24.6. The number of rotatable bonds is 16. The van der Waals surface area contributed by atoms with Gasteiger partial charge in [0.2, 0.25) is 20.0 Å². The Morgan fingerprint density at radius 3 is 1.37 bits per heavy atom. The second-order valence-electron chi connectivity index (χ2n) is 17.2. The Morgan fingerprint density at radius 1 is 0.597 bits per heavy atom. The number of carbonyl (C=O) groups excluding carboxylic acids is 3. The van der Waals surface area contributed by atoms with Crippen LogP contribution in [0.15, 0.2) is 94.7 Å². The molecule has 2 aliphatic rings. The summed E-state index contributed by atoms with van der Waals surface area (Å²) in [6.07, 6.45) is 0.372. The Hall–Kier alpha value is -3.97. The summed E-state index contributed by atoms with van der Waals surface area (Å²) in [6.45, 7) is 12.1. The standard InChI is InChI=1S/C26H33Cl2N3O5S.C21H25Cl2N3O3S/c1-26(2,3)36-25(33)31-16-14-30(15-17-31)20-10-8-19(9-11-20)18-21(32)12-13-29(4)37(34,35)23-7-5-6-22(27)24(23)28;1-25(30(28,29)20-4-2-3-19(22)21(20)23)12-9-18(27)15-16-5-7-17(8-6-16)26-13-10-24-11-14-26/h5-11H,12-18H2,1-4H3;2-8,24H,9-15H2,1H3. The number of hydrogen-bond donors (Lipinski definition) is 1. The Bertz CT molecular complexity index is 2570. The molecular weight excluding hydrogens is 982 g/mol. The van der Waals surface area contributed by atoms with Crippen LogP contribution in [0.1, 0.15) is 44.7 Å². The lowest BCUT2D eigenvalue weighted by atomic mass is 10.1. The summed E-state index contributed by atoms with van der Waals surface area (Å²) in [5.74, 6) is -0.0953. The topological polar surface area (TPSA) is 157 Å². The van der Waals surface area contributed by atoms with E-state index in [2.05, 4.69) is 15.1 Å². The first-order valence-electron chi connectivity index (χ1n) is 21.8. The molecule has 2 saturated heterocycles. The molecule has 0 bridgehead atoms. The van der Waals surface area contributed by atoms with Crippen molar-refractivity contribution in [2.45, 2.75) is 61.8 Å². The van der Waals surface area contributed by atoms with Crippen molar-refractivity contribution in [3.05, 3.63) is 116 Å². The van der Waals surface area contributed by atoms with Crippen LogP contribution in [0.2, 0.25) is 20.1 Å². The first-order chi connectivity index (χ1) is 31.6. The van der Waals surface area contributed by atoms with Gasteiger partial charge in [0, 0.05) is 117 Å². The summed E-state index contributed by atoms with van der Waals surface area (Å²) in [5, 5.41) is 3.61. The highest BCUT2D eigenvalue weighted by molar-refractivity contribution is 7.89. The van der Waals surface area contributed by atoms with E-state index in [4.69, 9.17) is 51.1 Å². The molecule has 0 radical (unpaired) electrons. The van der Waals surface area contributed by atoms with Crippen molar-refractivity contribution in [3.8, 4) is 0 Å². The third-order valence-corrected chi connectivity index (χ3v) is 16.7. The summed E-state index contributed by atoms with van der Waals surface area (Å²) in [4.78, 5) is 43.3. The molecule has 6 rings (SSSR count). The molecule has 0 unspecified atom stereocenters. The van der Waals surface area contributed by atoms with Crippen LogP contribution in [0.3, 0.4) is 0 Å². The Balaban J connectivity index is 0.000000256. The van der Waals surface area contributed by atoms with Gasteiger partial charge < -0.3 is 24.8 Å². The Kier molecular flexibility index (Phi) is 19.4. The number of ether oxygens (including phenoxy) is 1. The molecule has 364 valence electrons. The van der Waals surface area contributed by atoms with Crippen molar-refractivity contribution in [2.75, 3.05) is 89.3 Å². The van der Waals surface area contributed by atoms with Crippen molar-refractivity contribution in [1.82, 2.24) is 18.8 Å². The van der Waals surface area contributed by atoms with Crippen molar-refractivity contribution in [3.63, 3.8) is 0 Å². The minimum atomic E-state index is -3.87. The van der Waals surface area contributed by atoms with Gasteiger partial charge in [-0.25, -0.2) is 30.2 Å². The number of amides is 1. The van der Waals surface area contributed by atoms with E-state index < -0.39 is 25.6 Å². The van der Waals surface area contributed by atoms with E-state index in [1.165, 1.54) is 50.5 Å². The summed E-state index contributed by atoms with van der Waals surface area (Å²) in [5.41, 5.74) is 3.42. The van der Waals surface area contributed by atoms with E-state index in [-0.39, 0.29) is 86.3 Å². The number of piperazine rings is 2. The number of hydrogen-bond acceptors (Lipinski definition) is 11. The zero-order chi connectivity index (χ0) is 49.1. The molecule has 67 heavy (non-hydrogen) atoms. The number of anilines is 2. The molecule has 4 aromatic carbocycles. The number of halogens is 4. The van der Waals surface area contributed by atoms with E-state index in [9.17, 15) is 31.2 Å². The number of carbonyl (C=O) groups is 3.